The maximum atomic E-state index is 3.45. The van der Waals surface area contributed by atoms with Gasteiger partial charge in [0.25, 0.3) is 0 Å². The Morgan fingerprint density at radius 1 is 1.00 bits per heavy atom. The first kappa shape index (κ1) is 14.5. The summed E-state index contributed by atoms with van der Waals surface area (Å²) in [5.41, 5.74) is 1.43. The van der Waals surface area contributed by atoms with Crippen molar-refractivity contribution in [3.05, 3.63) is 23.8 Å². The Kier molecular flexibility index (Phi) is 11.2. The number of unbranched alkanes of at least 4 members (excludes halogenated alkanes) is 4. The van der Waals surface area contributed by atoms with Gasteiger partial charge in [0.05, 0.1) is 0 Å². The molecule has 0 heteroatoms. The van der Waals surface area contributed by atoms with Gasteiger partial charge < -0.3 is 0 Å². The molecule has 0 atom stereocenters. The van der Waals surface area contributed by atoms with Crippen LogP contribution in [0.5, 0.6) is 0 Å². The molecule has 0 N–H and O–H groups in total. The molecule has 0 aliphatic heterocycles. The molecule has 0 unspecified atom stereocenters. The summed E-state index contributed by atoms with van der Waals surface area (Å²) in [4.78, 5) is 0. The SMILES string of the molecule is CCCCC=CC/[C]=C(\C)CCCCC. The zero-order chi connectivity index (χ0) is 11.4. The highest BCUT2D eigenvalue weighted by molar-refractivity contribution is 4.96. The average molecular weight is 207 g/mol. The van der Waals surface area contributed by atoms with Gasteiger partial charge in [0.2, 0.25) is 0 Å². The minimum Gasteiger partial charge on any atom is -0.0882 e. The van der Waals surface area contributed by atoms with Crippen LogP contribution >= 0.6 is 0 Å². The Balaban J connectivity index is 3.44. The molecule has 0 bridgehead atoms. The third-order valence-corrected chi connectivity index (χ3v) is 2.57. The van der Waals surface area contributed by atoms with Crippen LogP contribution in [0.3, 0.4) is 0 Å². The summed E-state index contributed by atoms with van der Waals surface area (Å²) in [5.74, 6) is 0. The molecule has 0 aliphatic rings. The lowest BCUT2D eigenvalue weighted by atomic mass is 10.1. The smallest absolute Gasteiger partial charge is 0.00952 e. The van der Waals surface area contributed by atoms with Crippen molar-refractivity contribution in [2.45, 2.75) is 72.1 Å². The van der Waals surface area contributed by atoms with E-state index < -0.39 is 0 Å². The Labute approximate surface area is 96.5 Å². The Hall–Kier alpha value is -0.520. The van der Waals surface area contributed by atoms with E-state index in [0.717, 1.165) is 6.42 Å². The Morgan fingerprint density at radius 3 is 2.40 bits per heavy atom. The summed E-state index contributed by atoms with van der Waals surface area (Å²) < 4.78 is 0. The van der Waals surface area contributed by atoms with Crippen molar-refractivity contribution in [2.24, 2.45) is 0 Å². The van der Waals surface area contributed by atoms with E-state index in [1.165, 1.54) is 50.5 Å². The fraction of sp³-hybridized carbons (Fsp3) is 0.733. The van der Waals surface area contributed by atoms with Gasteiger partial charge in [0.1, 0.15) is 0 Å². The molecular formula is C15H27. The zero-order valence-electron chi connectivity index (χ0n) is 10.8. The van der Waals surface area contributed by atoms with Gasteiger partial charge in [-0.05, 0) is 38.7 Å². The lowest BCUT2D eigenvalue weighted by Gasteiger charge is -1.98. The number of allylic oxidation sites excluding steroid dienone is 4. The molecule has 87 valence electrons. The fourth-order valence-corrected chi connectivity index (χ4v) is 1.48. The van der Waals surface area contributed by atoms with E-state index in [9.17, 15) is 0 Å². The van der Waals surface area contributed by atoms with E-state index in [1.807, 2.05) is 0 Å². The van der Waals surface area contributed by atoms with E-state index in [0.29, 0.717) is 0 Å². The van der Waals surface area contributed by atoms with Gasteiger partial charge in [0, 0.05) is 0 Å². The molecule has 0 aliphatic carbocycles. The van der Waals surface area contributed by atoms with Crippen molar-refractivity contribution in [3.63, 3.8) is 0 Å². The number of hydrogen-bond donors (Lipinski definition) is 0. The summed E-state index contributed by atoms with van der Waals surface area (Å²) in [6.07, 6.45) is 18.0. The second kappa shape index (κ2) is 11.6. The van der Waals surface area contributed by atoms with Crippen LogP contribution in [0.1, 0.15) is 72.1 Å². The topological polar surface area (TPSA) is 0 Å². The summed E-state index contributed by atoms with van der Waals surface area (Å²) in [6, 6.07) is 0. The predicted molar refractivity (Wildman–Crippen MR) is 69.9 cm³/mol. The lowest BCUT2D eigenvalue weighted by Crippen LogP contribution is -1.79. The van der Waals surface area contributed by atoms with Crippen molar-refractivity contribution < 1.29 is 0 Å². The van der Waals surface area contributed by atoms with Gasteiger partial charge in [0.15, 0.2) is 0 Å². The highest BCUT2D eigenvalue weighted by Gasteiger charge is 1.89. The average Bonchev–Trinajstić information content (AvgIpc) is 2.23. The quantitative estimate of drug-likeness (QED) is 0.348. The number of rotatable bonds is 9. The standard InChI is InChI=1S/C15H27/c1-4-6-8-9-10-12-14-15(3)13-11-7-5-2/h9-10H,4-8,11-13H2,1-3H3. The second-order valence-corrected chi connectivity index (χ2v) is 4.23. The largest absolute Gasteiger partial charge is 0.0882 e. The maximum absolute atomic E-state index is 3.45. The fourth-order valence-electron chi connectivity index (χ4n) is 1.48. The third-order valence-electron chi connectivity index (χ3n) is 2.57. The van der Waals surface area contributed by atoms with Crippen molar-refractivity contribution in [2.75, 3.05) is 0 Å². The van der Waals surface area contributed by atoms with E-state index in [-0.39, 0.29) is 0 Å². The van der Waals surface area contributed by atoms with E-state index in [2.05, 4.69) is 39.0 Å². The summed E-state index contributed by atoms with van der Waals surface area (Å²) >= 11 is 0. The highest BCUT2D eigenvalue weighted by Crippen LogP contribution is 2.08. The van der Waals surface area contributed by atoms with Crippen molar-refractivity contribution >= 4 is 0 Å². The number of hydrogen-bond acceptors (Lipinski definition) is 0. The predicted octanol–water partition coefficient (Wildman–Crippen LogP) is 5.45. The Morgan fingerprint density at radius 2 is 1.73 bits per heavy atom. The molecule has 0 nitrogen and oxygen atoms in total. The van der Waals surface area contributed by atoms with Crippen LogP contribution in [0.2, 0.25) is 0 Å². The van der Waals surface area contributed by atoms with Crippen molar-refractivity contribution in [3.8, 4) is 0 Å². The maximum Gasteiger partial charge on any atom is -0.00952 e. The first-order valence-corrected chi connectivity index (χ1v) is 6.52. The molecule has 0 aromatic carbocycles. The first-order valence-electron chi connectivity index (χ1n) is 6.52. The normalized spacial score (nSPS) is 12.6. The molecule has 0 aromatic heterocycles. The zero-order valence-corrected chi connectivity index (χ0v) is 10.8. The van der Waals surface area contributed by atoms with Gasteiger partial charge in [-0.25, -0.2) is 0 Å². The summed E-state index contributed by atoms with van der Waals surface area (Å²) in [6.45, 7) is 6.69. The Bertz CT molecular complexity index is 174. The molecule has 0 heterocycles. The van der Waals surface area contributed by atoms with Gasteiger partial charge in [-0.2, -0.15) is 0 Å². The van der Waals surface area contributed by atoms with Gasteiger partial charge in [-0.3, -0.25) is 0 Å². The van der Waals surface area contributed by atoms with Crippen LogP contribution in [-0.2, 0) is 0 Å². The van der Waals surface area contributed by atoms with Crippen molar-refractivity contribution in [1.82, 2.24) is 0 Å². The van der Waals surface area contributed by atoms with Crippen molar-refractivity contribution in [1.29, 1.82) is 0 Å². The first-order chi connectivity index (χ1) is 7.31. The second-order valence-electron chi connectivity index (χ2n) is 4.23. The van der Waals surface area contributed by atoms with Crippen LogP contribution in [-0.4, -0.2) is 0 Å². The monoisotopic (exact) mass is 207 g/mol. The summed E-state index contributed by atoms with van der Waals surface area (Å²) in [7, 11) is 0. The highest BCUT2D eigenvalue weighted by atomic mass is 13.9. The minimum atomic E-state index is 1.00. The van der Waals surface area contributed by atoms with Gasteiger partial charge in [-0.15, -0.1) is 0 Å². The van der Waals surface area contributed by atoms with Crippen LogP contribution in [0, 0.1) is 6.08 Å². The van der Waals surface area contributed by atoms with Gasteiger partial charge >= 0.3 is 0 Å². The van der Waals surface area contributed by atoms with Crippen LogP contribution in [0.4, 0.5) is 0 Å². The summed E-state index contributed by atoms with van der Waals surface area (Å²) in [5, 5.41) is 0. The molecular weight excluding hydrogens is 180 g/mol. The van der Waals surface area contributed by atoms with E-state index in [1.54, 1.807) is 0 Å². The molecule has 15 heavy (non-hydrogen) atoms. The molecule has 0 saturated carbocycles. The molecule has 0 spiro atoms. The van der Waals surface area contributed by atoms with Crippen LogP contribution in [0.15, 0.2) is 17.7 Å². The van der Waals surface area contributed by atoms with Crippen LogP contribution in [0.25, 0.3) is 0 Å². The molecule has 0 rings (SSSR count). The van der Waals surface area contributed by atoms with E-state index >= 15 is 0 Å². The third kappa shape index (κ3) is 11.4. The van der Waals surface area contributed by atoms with Gasteiger partial charge in [-0.1, -0.05) is 57.3 Å². The molecule has 0 saturated heterocycles. The van der Waals surface area contributed by atoms with E-state index in [4.69, 9.17) is 0 Å². The molecule has 0 fully saturated rings. The van der Waals surface area contributed by atoms with Crippen LogP contribution < -0.4 is 0 Å². The molecule has 0 aromatic rings. The lowest BCUT2D eigenvalue weighted by molar-refractivity contribution is 0.710. The molecule has 1 radical (unpaired) electrons. The minimum absolute atomic E-state index is 1.00. The molecule has 0 amide bonds.